The van der Waals surface area contributed by atoms with Gasteiger partial charge in [-0.3, -0.25) is 28.5 Å². The molecule has 9 N–H and O–H groups in total. The fourth-order valence-electron chi connectivity index (χ4n) is 3.98. The lowest BCUT2D eigenvalue weighted by Gasteiger charge is -2.19. The van der Waals surface area contributed by atoms with Crippen LogP contribution in [0.15, 0.2) is 12.3 Å². The number of nitrogens with one attached hydrogen (secondary N) is 4. The Morgan fingerprint density at radius 2 is 1.39 bits per heavy atom. The van der Waals surface area contributed by atoms with Gasteiger partial charge in [-0.1, -0.05) is 18.0 Å². The number of hydrogen-bond acceptors (Lipinski definition) is 10. The number of halogens is 2. The van der Waals surface area contributed by atoms with E-state index in [1.54, 1.807) is 5.09 Å². The second-order valence-electron chi connectivity index (χ2n) is 10.5. The van der Waals surface area contributed by atoms with Crippen molar-refractivity contribution in [1.82, 2.24) is 26.0 Å². The van der Waals surface area contributed by atoms with Crippen LogP contribution in [-0.4, -0.2) is 103 Å². The van der Waals surface area contributed by atoms with E-state index in [1.807, 2.05) is 0 Å². The molecule has 0 aliphatic heterocycles. The van der Waals surface area contributed by atoms with E-state index in [0.29, 0.717) is 19.3 Å². The number of carboxylic acid groups (broad SMARTS) is 4. The van der Waals surface area contributed by atoms with Crippen molar-refractivity contribution in [3.63, 3.8) is 0 Å². The number of carboxylic acids is 4. The summed E-state index contributed by atoms with van der Waals surface area (Å²) in [5, 5.41) is 45.1. The number of nitrogens with zero attached hydrogens (tertiary/aromatic N) is 1. The fourth-order valence-corrected chi connectivity index (χ4v) is 5.23. The summed E-state index contributed by atoms with van der Waals surface area (Å²) in [6.07, 6.45) is -0.200. The largest absolute Gasteiger partial charge is 0.481 e. The van der Waals surface area contributed by atoms with Crippen molar-refractivity contribution in [2.24, 2.45) is 0 Å². The van der Waals surface area contributed by atoms with Gasteiger partial charge in [-0.15, -0.1) is 0 Å². The zero-order valence-corrected chi connectivity index (χ0v) is 27.6. The third kappa shape index (κ3) is 18.2. The maximum atomic E-state index is 13.1. The van der Waals surface area contributed by atoms with Crippen molar-refractivity contribution < 1.29 is 72.4 Å². The van der Waals surface area contributed by atoms with Crippen molar-refractivity contribution in [3.05, 3.63) is 28.8 Å². The summed E-state index contributed by atoms with van der Waals surface area (Å²) in [4.78, 5) is 94.8. The zero-order chi connectivity index (χ0) is 37.1. The van der Waals surface area contributed by atoms with Crippen LogP contribution in [0, 0.1) is 5.95 Å². The summed E-state index contributed by atoms with van der Waals surface area (Å²) >= 11 is 5.60. The molecule has 0 aliphatic rings. The highest BCUT2D eigenvalue weighted by Crippen LogP contribution is 2.38. The summed E-state index contributed by atoms with van der Waals surface area (Å²) in [7, 11) is -4.73. The molecule has 0 radical (unpaired) electrons. The minimum atomic E-state index is -4.73. The molecule has 1 rings (SSSR count). The molecule has 19 nitrogen and oxygen atoms in total. The van der Waals surface area contributed by atoms with E-state index in [2.05, 4.69) is 20.9 Å². The Hall–Kier alpha value is -4.23. The monoisotopic (exact) mass is 741 g/mol. The molecular weight excluding hydrogens is 704 g/mol. The molecule has 1 aromatic heterocycles. The Kier molecular flexibility index (Phi) is 18.9. The van der Waals surface area contributed by atoms with Crippen LogP contribution in [0.4, 0.5) is 4.39 Å². The quantitative estimate of drug-likeness (QED) is 0.0382. The average Bonchev–Trinajstić information content (AvgIpc) is 3.01. The molecule has 4 atom stereocenters. The summed E-state index contributed by atoms with van der Waals surface area (Å²) < 4.78 is 30.0. The number of amides is 3. The summed E-state index contributed by atoms with van der Waals surface area (Å²) in [5.41, 5.74) is 0.0681. The number of aromatic nitrogens is 1. The van der Waals surface area contributed by atoms with Gasteiger partial charge in [0, 0.05) is 32.0 Å². The SMILES string of the molecule is O=C(O)CC[C@H](NP(=O)(O)OCCC[C@H](NC(=O)CC[C@H](NC(=O)CCCCCNC(=O)c1cnc(F)c(Cl)c1)C(=O)O)C(=O)O)C(=O)O. The third-order valence-corrected chi connectivity index (χ3v) is 7.95. The molecule has 0 fully saturated rings. The molecule has 0 spiro atoms. The molecule has 49 heavy (non-hydrogen) atoms. The molecule has 3 amide bonds. The van der Waals surface area contributed by atoms with Gasteiger partial charge in [0.25, 0.3) is 5.91 Å². The first-order valence-electron chi connectivity index (χ1n) is 14.7. The lowest BCUT2D eigenvalue weighted by atomic mass is 10.1. The van der Waals surface area contributed by atoms with Crippen molar-refractivity contribution in [2.75, 3.05) is 13.2 Å². The second-order valence-corrected chi connectivity index (χ2v) is 12.4. The van der Waals surface area contributed by atoms with E-state index < -0.39 is 99.3 Å². The summed E-state index contributed by atoms with van der Waals surface area (Å²) in [6, 6.07) is -3.54. The van der Waals surface area contributed by atoms with Crippen LogP contribution >= 0.6 is 19.3 Å². The average molecular weight is 742 g/mol. The van der Waals surface area contributed by atoms with Crippen LogP contribution in [-0.2, 0) is 37.9 Å². The number of carbonyl (C=O) groups is 7. The molecule has 0 bridgehead atoms. The standard InChI is InChI=1S/C27H38ClFN5O14P/c28-16-13-15(14-31-23(16)29)24(39)30-11-3-1-2-6-20(35)33-18(26(42)43)7-9-21(36)32-17(25(40)41)5-4-12-48-49(46,47)34-19(27(44)45)8-10-22(37)38/h13-14,17-19H,1-12H2,(H,30,39)(H,32,36)(H,33,35)(H,37,38)(H,40,41)(H,42,43)(H,44,45)(H2,34,46,47)/t17-,18-,19-/m0/s1. The summed E-state index contributed by atoms with van der Waals surface area (Å²) in [6.45, 7) is -0.313. The molecule has 1 aromatic rings. The van der Waals surface area contributed by atoms with Gasteiger partial charge < -0.3 is 41.3 Å². The van der Waals surface area contributed by atoms with Gasteiger partial charge in [-0.2, -0.15) is 4.39 Å². The number of hydrogen-bond donors (Lipinski definition) is 9. The Morgan fingerprint density at radius 1 is 0.816 bits per heavy atom. The lowest BCUT2D eigenvalue weighted by Crippen LogP contribution is -2.44. The molecular formula is C27H38ClFN5O14P. The first-order valence-corrected chi connectivity index (χ1v) is 16.7. The Morgan fingerprint density at radius 3 is 1.96 bits per heavy atom. The van der Waals surface area contributed by atoms with Gasteiger partial charge in [-0.05, 0) is 44.6 Å². The van der Waals surface area contributed by atoms with Crippen molar-refractivity contribution in [2.45, 2.75) is 82.3 Å². The minimum absolute atomic E-state index is 0.0554. The first kappa shape index (κ1) is 42.8. The molecule has 0 saturated carbocycles. The van der Waals surface area contributed by atoms with E-state index >= 15 is 0 Å². The molecule has 0 aromatic carbocycles. The highest BCUT2D eigenvalue weighted by atomic mass is 35.5. The van der Waals surface area contributed by atoms with Crippen LogP contribution in [0.3, 0.4) is 0 Å². The number of aliphatic carboxylic acids is 4. The van der Waals surface area contributed by atoms with E-state index in [0.717, 1.165) is 12.3 Å². The van der Waals surface area contributed by atoms with E-state index in [-0.39, 0.29) is 42.8 Å². The molecule has 1 unspecified atom stereocenters. The predicted octanol–water partition coefficient (Wildman–Crippen LogP) is 0.888. The van der Waals surface area contributed by atoms with E-state index in [1.165, 1.54) is 0 Å². The Balaban J connectivity index is 2.41. The normalized spacial score (nSPS) is 14.0. The smallest absolute Gasteiger partial charge is 0.403 e. The number of pyridine rings is 1. The summed E-state index contributed by atoms with van der Waals surface area (Å²) in [5.74, 6) is -8.72. The number of rotatable bonds is 25. The predicted molar refractivity (Wildman–Crippen MR) is 165 cm³/mol. The molecule has 0 aliphatic carbocycles. The topological polar surface area (TPSA) is 308 Å². The van der Waals surface area contributed by atoms with Crippen molar-refractivity contribution in [3.8, 4) is 0 Å². The minimum Gasteiger partial charge on any atom is -0.481 e. The fraction of sp³-hybridized carbons (Fsp3) is 0.556. The van der Waals surface area contributed by atoms with Gasteiger partial charge in [0.15, 0.2) is 0 Å². The Labute approximate surface area is 283 Å². The van der Waals surface area contributed by atoms with Crippen LogP contribution in [0.2, 0.25) is 5.02 Å². The van der Waals surface area contributed by atoms with Gasteiger partial charge in [0.05, 0.1) is 17.2 Å². The van der Waals surface area contributed by atoms with Crippen LogP contribution in [0.5, 0.6) is 0 Å². The third-order valence-electron chi connectivity index (χ3n) is 6.52. The van der Waals surface area contributed by atoms with Gasteiger partial charge in [-0.25, -0.2) is 24.2 Å². The number of unbranched alkanes of at least 4 members (excludes halogenated alkanes) is 2. The Bertz CT molecular complexity index is 1400. The van der Waals surface area contributed by atoms with E-state index in [4.69, 9.17) is 26.3 Å². The first-order chi connectivity index (χ1) is 22.9. The zero-order valence-electron chi connectivity index (χ0n) is 25.9. The van der Waals surface area contributed by atoms with Crippen molar-refractivity contribution in [1.29, 1.82) is 0 Å². The molecule has 274 valence electrons. The maximum absolute atomic E-state index is 13.1. The van der Waals surface area contributed by atoms with Crippen LogP contribution in [0.25, 0.3) is 0 Å². The van der Waals surface area contributed by atoms with Gasteiger partial charge in [0.2, 0.25) is 17.8 Å². The van der Waals surface area contributed by atoms with Crippen LogP contribution in [0.1, 0.15) is 74.6 Å². The number of carbonyl (C=O) groups excluding carboxylic acids is 3. The van der Waals surface area contributed by atoms with Gasteiger partial charge >= 0.3 is 31.6 Å². The van der Waals surface area contributed by atoms with Crippen molar-refractivity contribution >= 4 is 60.9 Å². The van der Waals surface area contributed by atoms with E-state index in [9.17, 15) is 57.6 Å². The highest BCUT2D eigenvalue weighted by molar-refractivity contribution is 7.50. The maximum Gasteiger partial charge on any atom is 0.403 e. The molecule has 22 heteroatoms. The highest BCUT2D eigenvalue weighted by Gasteiger charge is 2.30. The molecule has 0 saturated heterocycles. The molecule has 1 heterocycles. The van der Waals surface area contributed by atoms with Gasteiger partial charge in [0.1, 0.15) is 18.1 Å². The van der Waals surface area contributed by atoms with Crippen LogP contribution < -0.4 is 21.0 Å². The lowest BCUT2D eigenvalue weighted by molar-refractivity contribution is -0.143. The second kappa shape index (κ2) is 21.7.